The Morgan fingerprint density at radius 2 is 2.05 bits per heavy atom. The highest BCUT2D eigenvalue weighted by molar-refractivity contribution is 9.10. The number of hydrogen-bond acceptors (Lipinski definition) is 1. The predicted octanol–water partition coefficient (Wildman–Crippen LogP) is 4.50. The summed E-state index contributed by atoms with van der Waals surface area (Å²) in [5.41, 5.74) is -0.846. The molecule has 0 fully saturated rings. The van der Waals surface area contributed by atoms with Crippen molar-refractivity contribution in [3.8, 4) is 0 Å². The van der Waals surface area contributed by atoms with Crippen LogP contribution in [0, 0.1) is 0 Å². The third-order valence-corrected chi connectivity index (χ3v) is 3.42. The Bertz CT molecular complexity index is 512. The number of benzene rings is 1. The molecule has 0 aliphatic heterocycles. The minimum atomic E-state index is -4.50. The fourth-order valence-electron chi connectivity index (χ4n) is 1.71. The molecule has 1 aromatic rings. The molecule has 0 saturated carbocycles. The average Bonchev–Trinajstić information content (AvgIpc) is 2.34. The van der Waals surface area contributed by atoms with Crippen LogP contribution in [-0.2, 0) is 6.18 Å². The third-order valence-electron chi connectivity index (χ3n) is 2.73. The van der Waals surface area contributed by atoms with E-state index in [2.05, 4.69) is 22.5 Å². The molecule has 0 spiro atoms. The molecule has 20 heavy (non-hydrogen) atoms. The van der Waals surface area contributed by atoms with Gasteiger partial charge in [-0.15, -0.1) is 6.58 Å². The fraction of sp³-hybridized carbons (Fsp3) is 0.357. The molecule has 1 rings (SSSR count). The third kappa shape index (κ3) is 3.85. The van der Waals surface area contributed by atoms with Gasteiger partial charge >= 0.3 is 6.18 Å². The maximum absolute atomic E-state index is 12.8. The van der Waals surface area contributed by atoms with Gasteiger partial charge in [0.05, 0.1) is 5.56 Å². The lowest BCUT2D eigenvalue weighted by atomic mass is 10.1. The van der Waals surface area contributed by atoms with Crippen LogP contribution in [0.1, 0.15) is 29.8 Å². The largest absolute Gasteiger partial charge is 0.417 e. The molecule has 0 N–H and O–H groups in total. The highest BCUT2D eigenvalue weighted by atomic mass is 79.9. The van der Waals surface area contributed by atoms with Gasteiger partial charge in [0.2, 0.25) is 0 Å². The maximum atomic E-state index is 12.8. The molecule has 0 bridgehead atoms. The summed E-state index contributed by atoms with van der Waals surface area (Å²) >= 11 is 2.85. The van der Waals surface area contributed by atoms with Gasteiger partial charge in [-0.2, -0.15) is 13.2 Å². The smallest absolute Gasteiger partial charge is 0.333 e. The quantitative estimate of drug-likeness (QED) is 0.732. The first-order chi connectivity index (χ1) is 9.18. The van der Waals surface area contributed by atoms with Crippen LogP contribution < -0.4 is 0 Å². The van der Waals surface area contributed by atoms with Crippen LogP contribution in [0.3, 0.4) is 0 Å². The second-order valence-corrected chi connectivity index (χ2v) is 5.39. The minimum Gasteiger partial charge on any atom is -0.333 e. The van der Waals surface area contributed by atoms with Crippen LogP contribution in [0.5, 0.6) is 0 Å². The summed E-state index contributed by atoms with van der Waals surface area (Å²) in [5.74, 6) is -0.446. The summed E-state index contributed by atoms with van der Waals surface area (Å²) in [6.45, 7) is 7.43. The number of carbonyl (C=O) groups is 1. The van der Waals surface area contributed by atoms with Gasteiger partial charge in [-0.3, -0.25) is 4.79 Å². The molecule has 2 nitrogen and oxygen atoms in total. The molecule has 6 heteroatoms. The van der Waals surface area contributed by atoms with Gasteiger partial charge in [0, 0.05) is 22.6 Å². The maximum Gasteiger partial charge on any atom is 0.417 e. The highest BCUT2D eigenvalue weighted by Gasteiger charge is 2.34. The monoisotopic (exact) mass is 349 g/mol. The van der Waals surface area contributed by atoms with E-state index in [1.807, 2.05) is 0 Å². The Morgan fingerprint density at radius 3 is 2.50 bits per heavy atom. The van der Waals surface area contributed by atoms with Crippen molar-refractivity contribution in [1.82, 2.24) is 4.90 Å². The first-order valence-electron chi connectivity index (χ1n) is 5.97. The lowest BCUT2D eigenvalue weighted by molar-refractivity contribution is -0.138. The zero-order valence-corrected chi connectivity index (χ0v) is 12.8. The standard InChI is InChI=1S/C14H15BrF3NO/c1-4-7-19(9(2)3)13(20)10-5-6-12(15)11(8-10)14(16,17)18/h4-6,8-9H,1,7H2,2-3H3. The van der Waals surface area contributed by atoms with Crippen LogP contribution in [0.2, 0.25) is 0 Å². The van der Waals surface area contributed by atoms with Crippen LogP contribution in [0.4, 0.5) is 13.2 Å². The molecular formula is C14H15BrF3NO. The van der Waals surface area contributed by atoms with E-state index in [1.54, 1.807) is 19.9 Å². The Kier molecular flexibility index (Phi) is 5.39. The number of alkyl halides is 3. The van der Waals surface area contributed by atoms with Gasteiger partial charge < -0.3 is 4.90 Å². The number of amides is 1. The number of rotatable bonds is 4. The fourth-order valence-corrected chi connectivity index (χ4v) is 2.18. The number of hydrogen-bond donors (Lipinski definition) is 0. The van der Waals surface area contributed by atoms with E-state index in [9.17, 15) is 18.0 Å². The molecule has 110 valence electrons. The molecule has 0 atom stereocenters. The van der Waals surface area contributed by atoms with E-state index in [-0.39, 0.29) is 22.6 Å². The molecule has 0 aromatic heterocycles. The number of nitrogens with zero attached hydrogens (tertiary/aromatic N) is 1. The summed E-state index contributed by atoms with van der Waals surface area (Å²) in [6, 6.07) is 3.35. The SMILES string of the molecule is C=CCN(C(=O)c1ccc(Br)c(C(F)(F)F)c1)C(C)C. The zero-order chi connectivity index (χ0) is 15.5. The predicted molar refractivity (Wildman–Crippen MR) is 75.5 cm³/mol. The van der Waals surface area contributed by atoms with E-state index in [4.69, 9.17) is 0 Å². The average molecular weight is 350 g/mol. The summed E-state index contributed by atoms with van der Waals surface area (Å²) < 4.78 is 38.4. The van der Waals surface area contributed by atoms with Crippen molar-refractivity contribution < 1.29 is 18.0 Å². The van der Waals surface area contributed by atoms with Crippen LogP contribution in [0.15, 0.2) is 35.3 Å². The van der Waals surface area contributed by atoms with Crippen molar-refractivity contribution in [2.45, 2.75) is 26.1 Å². The molecular weight excluding hydrogens is 335 g/mol. The van der Waals surface area contributed by atoms with E-state index >= 15 is 0 Å². The Labute approximate surface area is 124 Å². The first kappa shape index (κ1) is 16.8. The lowest BCUT2D eigenvalue weighted by Gasteiger charge is -2.25. The van der Waals surface area contributed by atoms with Crippen LogP contribution in [-0.4, -0.2) is 23.4 Å². The van der Waals surface area contributed by atoms with E-state index in [0.29, 0.717) is 0 Å². The van der Waals surface area contributed by atoms with E-state index < -0.39 is 17.6 Å². The van der Waals surface area contributed by atoms with Crippen molar-refractivity contribution in [2.24, 2.45) is 0 Å². The second-order valence-electron chi connectivity index (χ2n) is 4.53. The van der Waals surface area contributed by atoms with Crippen LogP contribution in [0.25, 0.3) is 0 Å². The Hall–Kier alpha value is -1.30. The highest BCUT2D eigenvalue weighted by Crippen LogP contribution is 2.35. The summed E-state index contributed by atoms with van der Waals surface area (Å²) in [7, 11) is 0. The summed E-state index contributed by atoms with van der Waals surface area (Å²) in [5, 5.41) is 0. The van der Waals surface area contributed by atoms with Gasteiger partial charge in [-0.05, 0) is 32.0 Å². The molecule has 1 aromatic carbocycles. The number of carbonyl (C=O) groups excluding carboxylic acids is 1. The topological polar surface area (TPSA) is 20.3 Å². The normalized spacial score (nSPS) is 11.6. The Morgan fingerprint density at radius 1 is 1.45 bits per heavy atom. The summed E-state index contributed by atoms with van der Waals surface area (Å²) in [4.78, 5) is 13.7. The van der Waals surface area contributed by atoms with Gasteiger partial charge in [-0.1, -0.05) is 22.0 Å². The van der Waals surface area contributed by atoms with Crippen molar-refractivity contribution in [3.05, 3.63) is 46.5 Å². The molecule has 1 amide bonds. The molecule has 0 aliphatic carbocycles. The second kappa shape index (κ2) is 6.43. The summed E-state index contributed by atoms with van der Waals surface area (Å²) in [6.07, 6.45) is -2.96. The zero-order valence-electron chi connectivity index (χ0n) is 11.2. The van der Waals surface area contributed by atoms with Gasteiger partial charge in [0.25, 0.3) is 5.91 Å². The van der Waals surface area contributed by atoms with E-state index in [1.165, 1.54) is 17.0 Å². The Balaban J connectivity index is 3.20. The minimum absolute atomic E-state index is 0.0103. The van der Waals surface area contributed by atoms with E-state index in [0.717, 1.165) is 6.07 Å². The molecule has 0 radical (unpaired) electrons. The van der Waals surface area contributed by atoms with Crippen LogP contribution >= 0.6 is 15.9 Å². The van der Waals surface area contributed by atoms with Gasteiger partial charge in [0.1, 0.15) is 0 Å². The lowest BCUT2D eigenvalue weighted by Crippen LogP contribution is -2.37. The number of halogens is 4. The molecule has 0 unspecified atom stereocenters. The molecule has 0 aliphatic rings. The molecule has 0 heterocycles. The van der Waals surface area contributed by atoms with Gasteiger partial charge in [0.15, 0.2) is 0 Å². The molecule has 0 saturated heterocycles. The van der Waals surface area contributed by atoms with Crippen molar-refractivity contribution in [1.29, 1.82) is 0 Å². The van der Waals surface area contributed by atoms with Crippen molar-refractivity contribution >= 4 is 21.8 Å². The van der Waals surface area contributed by atoms with Crippen molar-refractivity contribution in [3.63, 3.8) is 0 Å². The van der Waals surface area contributed by atoms with Crippen molar-refractivity contribution in [2.75, 3.05) is 6.54 Å². The first-order valence-corrected chi connectivity index (χ1v) is 6.76. The van der Waals surface area contributed by atoms with Gasteiger partial charge in [-0.25, -0.2) is 0 Å².